The summed E-state index contributed by atoms with van der Waals surface area (Å²) in [7, 11) is 8.33. The number of likely N-dealkylation sites (N-methyl/N-ethyl adjacent to an activating group) is 1. The highest BCUT2D eigenvalue weighted by Gasteiger charge is 2.48. The zero-order valence-electron chi connectivity index (χ0n) is 30.0. The van der Waals surface area contributed by atoms with Gasteiger partial charge >= 0.3 is 11.9 Å². The number of rotatable bonds is 12. The topological polar surface area (TPSA) is 155 Å². The van der Waals surface area contributed by atoms with Crippen molar-refractivity contribution in [2.75, 3.05) is 73.1 Å². The fraction of sp³-hybridized carbons (Fsp3) is 0.368. The van der Waals surface area contributed by atoms with Crippen molar-refractivity contribution >= 4 is 47.3 Å². The van der Waals surface area contributed by atoms with Gasteiger partial charge in [-0.05, 0) is 79.9 Å². The quantitative estimate of drug-likeness (QED) is 0.148. The number of carboxylic acids is 2. The van der Waals surface area contributed by atoms with Gasteiger partial charge in [0.1, 0.15) is 16.2 Å². The molecule has 278 valence electrons. The van der Waals surface area contributed by atoms with Crippen LogP contribution in [0.15, 0.2) is 71.6 Å². The van der Waals surface area contributed by atoms with Crippen LogP contribution < -0.4 is 23.8 Å². The fourth-order valence-electron chi connectivity index (χ4n) is 6.16. The Morgan fingerprint density at radius 2 is 1.46 bits per heavy atom. The summed E-state index contributed by atoms with van der Waals surface area (Å²) in [6.07, 6.45) is 5.86. The predicted octanol–water partition coefficient (Wildman–Crippen LogP) is 4.87. The SMILES string of the molecule is COc1ccc(OC)c(C2(CCCCN3CCN(C(=O)/C=C/c4ccc(OC)c(OC)c4)CC3)Sc3ccccc3N(C)C2=O)c1.O=C(O)C(=O)O. The molecule has 1 atom stereocenters. The molecule has 5 rings (SSSR count). The molecule has 2 aliphatic heterocycles. The van der Waals surface area contributed by atoms with E-state index in [9.17, 15) is 9.59 Å². The standard InChI is InChI=1S/C36H43N3O6S.C2H2O4/c1-37-29-10-6-7-11-33(29)46-36(35(37)41,28-25-27(42-2)14-16-30(28)43-3)18-8-9-19-38-20-22-39(23-21-38)34(40)17-13-26-12-15-31(44-4)32(24-26)45-5;3-1(4)2(5)6/h6-7,10-17,24-25H,8-9,18-23H2,1-5H3;(H,3,4)(H,5,6)/b17-13+;. The monoisotopic (exact) mass is 735 g/mol. The summed E-state index contributed by atoms with van der Waals surface area (Å²) in [6.45, 7) is 3.88. The van der Waals surface area contributed by atoms with Crippen molar-refractivity contribution in [3.63, 3.8) is 0 Å². The molecule has 0 aromatic heterocycles. The van der Waals surface area contributed by atoms with Gasteiger partial charge in [0.05, 0.1) is 34.1 Å². The molecule has 0 saturated carbocycles. The first-order chi connectivity index (χ1) is 25.0. The second kappa shape index (κ2) is 18.3. The van der Waals surface area contributed by atoms with Crippen molar-refractivity contribution in [3.05, 3.63) is 77.9 Å². The van der Waals surface area contributed by atoms with Crippen LogP contribution in [-0.4, -0.2) is 112 Å². The van der Waals surface area contributed by atoms with E-state index in [1.54, 1.807) is 51.2 Å². The van der Waals surface area contributed by atoms with Gasteiger partial charge < -0.3 is 39.0 Å². The minimum atomic E-state index is -1.82. The second-order valence-electron chi connectivity index (χ2n) is 12.0. The lowest BCUT2D eigenvalue weighted by molar-refractivity contribution is -0.159. The number of carbonyl (C=O) groups is 4. The van der Waals surface area contributed by atoms with E-state index >= 15 is 0 Å². The molecule has 2 aliphatic rings. The maximum atomic E-state index is 14.2. The fourth-order valence-corrected chi connectivity index (χ4v) is 7.73. The molecule has 3 aromatic rings. The summed E-state index contributed by atoms with van der Waals surface area (Å²) in [5.41, 5.74) is 2.62. The van der Waals surface area contributed by atoms with E-state index in [2.05, 4.69) is 11.0 Å². The molecule has 0 aliphatic carbocycles. The molecule has 13 nitrogen and oxygen atoms in total. The van der Waals surface area contributed by atoms with Gasteiger partial charge in [0.15, 0.2) is 11.5 Å². The van der Waals surface area contributed by atoms with E-state index in [0.717, 1.165) is 54.2 Å². The molecule has 14 heteroatoms. The lowest BCUT2D eigenvalue weighted by atomic mass is 9.89. The van der Waals surface area contributed by atoms with Crippen molar-refractivity contribution in [3.8, 4) is 23.0 Å². The molecule has 0 spiro atoms. The van der Waals surface area contributed by atoms with Crippen LogP contribution >= 0.6 is 11.8 Å². The molecule has 52 heavy (non-hydrogen) atoms. The lowest BCUT2D eigenvalue weighted by Crippen LogP contribution is -2.48. The number of nitrogens with zero attached hydrogens (tertiary/aromatic N) is 3. The number of para-hydroxylation sites is 1. The van der Waals surface area contributed by atoms with Gasteiger partial charge in [-0.15, -0.1) is 11.8 Å². The molecule has 2 N–H and O–H groups in total. The minimum absolute atomic E-state index is 0.000787. The van der Waals surface area contributed by atoms with Crippen LogP contribution in [0.25, 0.3) is 6.08 Å². The molecule has 0 bridgehead atoms. The van der Waals surface area contributed by atoms with Gasteiger partial charge in [-0.25, -0.2) is 9.59 Å². The lowest BCUT2D eigenvalue weighted by Gasteiger charge is -2.41. The number of unbranched alkanes of at least 4 members (excludes halogenated alkanes) is 1. The van der Waals surface area contributed by atoms with Crippen molar-refractivity contribution in [1.82, 2.24) is 9.80 Å². The van der Waals surface area contributed by atoms with Crippen LogP contribution in [0.5, 0.6) is 23.0 Å². The Hall–Kier alpha value is -5.21. The van der Waals surface area contributed by atoms with Gasteiger partial charge in [-0.2, -0.15) is 0 Å². The highest BCUT2D eigenvalue weighted by Crippen LogP contribution is 2.55. The van der Waals surface area contributed by atoms with Gasteiger partial charge in [0.2, 0.25) is 11.8 Å². The number of carbonyl (C=O) groups excluding carboxylic acids is 2. The van der Waals surface area contributed by atoms with Crippen molar-refractivity contribution in [2.24, 2.45) is 0 Å². The van der Waals surface area contributed by atoms with Crippen molar-refractivity contribution in [1.29, 1.82) is 0 Å². The number of piperazine rings is 1. The molecule has 0 radical (unpaired) electrons. The number of anilines is 1. The smallest absolute Gasteiger partial charge is 0.414 e. The van der Waals surface area contributed by atoms with Crippen LogP contribution in [0.4, 0.5) is 5.69 Å². The molecule has 1 fully saturated rings. The zero-order chi connectivity index (χ0) is 37.8. The van der Waals surface area contributed by atoms with Gasteiger partial charge in [-0.1, -0.05) is 18.2 Å². The Balaban J connectivity index is 0.000000929. The number of benzene rings is 3. The molecule has 1 unspecified atom stereocenters. The summed E-state index contributed by atoms with van der Waals surface area (Å²) in [5.74, 6) is -0.963. The number of carboxylic acid groups (broad SMARTS) is 2. The van der Waals surface area contributed by atoms with E-state index in [-0.39, 0.29) is 11.8 Å². The summed E-state index contributed by atoms with van der Waals surface area (Å²) in [6, 6.07) is 19.3. The number of thioether (sulfide) groups is 1. The minimum Gasteiger partial charge on any atom is -0.497 e. The Morgan fingerprint density at radius 1 is 0.808 bits per heavy atom. The third kappa shape index (κ3) is 9.36. The molecule has 3 aromatic carbocycles. The maximum Gasteiger partial charge on any atom is 0.414 e. The first kappa shape index (κ1) is 39.6. The predicted molar refractivity (Wildman–Crippen MR) is 198 cm³/mol. The number of methoxy groups -OCH3 is 4. The van der Waals surface area contributed by atoms with Crippen molar-refractivity contribution in [2.45, 2.75) is 28.9 Å². The summed E-state index contributed by atoms with van der Waals surface area (Å²) < 4.78 is 21.2. The number of hydrogen-bond donors (Lipinski definition) is 2. The Labute approximate surface area is 307 Å². The highest BCUT2D eigenvalue weighted by atomic mass is 32.2. The van der Waals surface area contributed by atoms with Crippen molar-refractivity contribution < 1.29 is 48.3 Å². The van der Waals surface area contributed by atoms with Crippen LogP contribution in [0.2, 0.25) is 0 Å². The largest absolute Gasteiger partial charge is 0.497 e. The third-order valence-corrected chi connectivity index (χ3v) is 10.5. The van der Waals surface area contributed by atoms with Gasteiger partial charge in [0.25, 0.3) is 0 Å². The normalized spacial score (nSPS) is 17.1. The molecular weight excluding hydrogens is 690 g/mol. The van der Waals surface area contributed by atoms with Crippen LogP contribution in [-0.2, 0) is 23.9 Å². The Kier molecular flexibility index (Phi) is 14.0. The molecule has 2 heterocycles. The summed E-state index contributed by atoms with van der Waals surface area (Å²) in [4.78, 5) is 52.5. The number of amides is 2. The number of aliphatic carboxylic acids is 2. The second-order valence-corrected chi connectivity index (χ2v) is 13.4. The Bertz CT molecular complexity index is 1760. The number of hydrogen-bond acceptors (Lipinski definition) is 10. The average Bonchev–Trinajstić information content (AvgIpc) is 3.17. The maximum absolute atomic E-state index is 14.2. The zero-order valence-corrected chi connectivity index (χ0v) is 30.8. The van der Waals surface area contributed by atoms with Crippen LogP contribution in [0, 0.1) is 0 Å². The Morgan fingerprint density at radius 3 is 2.10 bits per heavy atom. The van der Waals surface area contributed by atoms with Crippen LogP contribution in [0.1, 0.15) is 30.4 Å². The molecular formula is C38H45N3O10S. The van der Waals surface area contributed by atoms with Crippen LogP contribution in [0.3, 0.4) is 0 Å². The average molecular weight is 736 g/mol. The molecule has 1 saturated heterocycles. The molecule has 2 amide bonds. The van der Waals surface area contributed by atoms with E-state index in [1.165, 1.54) is 0 Å². The highest BCUT2D eigenvalue weighted by molar-refractivity contribution is 8.01. The van der Waals surface area contributed by atoms with Gasteiger partial charge in [0, 0.05) is 49.8 Å². The summed E-state index contributed by atoms with van der Waals surface area (Å²) in [5, 5.41) is 14.8. The van der Waals surface area contributed by atoms with E-state index in [4.69, 9.17) is 38.7 Å². The first-order valence-electron chi connectivity index (χ1n) is 16.6. The van der Waals surface area contributed by atoms with E-state index < -0.39 is 16.7 Å². The first-order valence-corrected chi connectivity index (χ1v) is 17.5. The van der Waals surface area contributed by atoms with Gasteiger partial charge in [-0.3, -0.25) is 14.5 Å². The number of fused-ring (bicyclic) bond motifs is 1. The van der Waals surface area contributed by atoms with E-state index in [1.807, 2.05) is 72.6 Å². The summed E-state index contributed by atoms with van der Waals surface area (Å²) >= 11 is 1.61. The third-order valence-electron chi connectivity index (χ3n) is 8.95. The van der Waals surface area contributed by atoms with E-state index in [0.29, 0.717) is 42.5 Å². The number of ether oxygens (including phenoxy) is 4.